The Labute approximate surface area is 136 Å². The van der Waals surface area contributed by atoms with Crippen molar-refractivity contribution in [2.45, 2.75) is 38.6 Å². The quantitative estimate of drug-likeness (QED) is 0.904. The average Bonchev–Trinajstić information content (AvgIpc) is 3.20. The van der Waals surface area contributed by atoms with Crippen LogP contribution in [0.1, 0.15) is 42.1 Å². The largest absolute Gasteiger partial charge is 0.338 e. The predicted molar refractivity (Wildman–Crippen MR) is 86.9 cm³/mol. The molecular formula is C16H24N6O. The van der Waals surface area contributed by atoms with Crippen LogP contribution in [0, 0.1) is 6.92 Å². The van der Waals surface area contributed by atoms with E-state index in [1.54, 1.807) is 0 Å². The van der Waals surface area contributed by atoms with E-state index >= 15 is 0 Å². The summed E-state index contributed by atoms with van der Waals surface area (Å²) >= 11 is 0. The number of urea groups is 1. The summed E-state index contributed by atoms with van der Waals surface area (Å²) in [5, 5.41) is 14.1. The molecule has 1 aliphatic rings. The van der Waals surface area contributed by atoms with Crippen LogP contribution in [0.4, 0.5) is 4.79 Å². The van der Waals surface area contributed by atoms with Gasteiger partial charge in [-0.1, -0.05) is 0 Å². The highest BCUT2D eigenvalue weighted by Crippen LogP contribution is 2.30. The van der Waals surface area contributed by atoms with E-state index in [9.17, 15) is 4.79 Å². The minimum Gasteiger partial charge on any atom is -0.338 e. The number of aryl methyl sites for hydroxylation is 1. The molecule has 0 aliphatic carbocycles. The van der Waals surface area contributed by atoms with E-state index in [2.05, 4.69) is 20.6 Å². The molecule has 0 aromatic carbocycles. The van der Waals surface area contributed by atoms with Gasteiger partial charge in [-0.3, -0.25) is 9.78 Å². The molecule has 23 heavy (non-hydrogen) atoms. The zero-order valence-electron chi connectivity index (χ0n) is 13.7. The van der Waals surface area contributed by atoms with Crippen LogP contribution >= 0.6 is 0 Å². The first-order valence-electron chi connectivity index (χ1n) is 8.17. The van der Waals surface area contributed by atoms with Crippen molar-refractivity contribution >= 4 is 6.03 Å². The number of aromatic nitrogens is 4. The molecule has 1 saturated heterocycles. The van der Waals surface area contributed by atoms with Gasteiger partial charge >= 0.3 is 6.03 Å². The lowest BCUT2D eigenvalue weighted by molar-refractivity contribution is 0.151. The van der Waals surface area contributed by atoms with Crippen LogP contribution in [-0.2, 0) is 13.5 Å². The molecule has 124 valence electrons. The summed E-state index contributed by atoms with van der Waals surface area (Å²) < 4.78 is 1.86. The Balaban J connectivity index is 1.57. The molecular weight excluding hydrogens is 292 g/mol. The van der Waals surface area contributed by atoms with Crippen molar-refractivity contribution in [1.29, 1.82) is 0 Å². The van der Waals surface area contributed by atoms with E-state index in [1.165, 1.54) is 5.56 Å². The van der Waals surface area contributed by atoms with E-state index in [4.69, 9.17) is 0 Å². The summed E-state index contributed by atoms with van der Waals surface area (Å²) in [5.74, 6) is 0. The van der Waals surface area contributed by atoms with Gasteiger partial charge in [0, 0.05) is 37.6 Å². The fourth-order valence-corrected chi connectivity index (χ4v) is 3.16. The maximum Gasteiger partial charge on any atom is 0.317 e. The number of nitrogens with one attached hydrogen (secondary N) is 2. The van der Waals surface area contributed by atoms with Gasteiger partial charge in [0.05, 0.1) is 18.4 Å². The van der Waals surface area contributed by atoms with Gasteiger partial charge in [-0.05, 0) is 38.2 Å². The van der Waals surface area contributed by atoms with Crippen molar-refractivity contribution in [3.05, 3.63) is 35.4 Å². The van der Waals surface area contributed by atoms with Crippen LogP contribution in [0.2, 0.25) is 0 Å². The lowest BCUT2D eigenvalue weighted by Gasteiger charge is -2.35. The number of hydrogen-bond donors (Lipinski definition) is 2. The van der Waals surface area contributed by atoms with Gasteiger partial charge in [0.15, 0.2) is 0 Å². The molecule has 1 atom stereocenters. The first kappa shape index (κ1) is 15.6. The Kier molecular flexibility index (Phi) is 4.64. The van der Waals surface area contributed by atoms with Crippen LogP contribution in [0.5, 0.6) is 0 Å². The minimum atomic E-state index is 0.0115. The predicted octanol–water partition coefficient (Wildman–Crippen LogP) is 1.93. The first-order chi connectivity index (χ1) is 11.2. The molecule has 2 aromatic rings. The Bertz CT molecular complexity index is 648. The Morgan fingerprint density at radius 1 is 1.43 bits per heavy atom. The topological polar surface area (TPSA) is 78.8 Å². The molecule has 3 rings (SSSR count). The smallest absolute Gasteiger partial charge is 0.317 e. The molecule has 1 fully saturated rings. The number of nitrogens with zero attached hydrogens (tertiary/aromatic N) is 4. The van der Waals surface area contributed by atoms with E-state index in [-0.39, 0.29) is 12.1 Å². The zero-order chi connectivity index (χ0) is 16.2. The molecule has 0 spiro atoms. The molecule has 2 aromatic heterocycles. The van der Waals surface area contributed by atoms with Crippen molar-refractivity contribution in [3.8, 4) is 0 Å². The normalized spacial score (nSPS) is 18.2. The molecule has 1 aliphatic heterocycles. The Morgan fingerprint density at radius 3 is 3.00 bits per heavy atom. The number of likely N-dealkylation sites (tertiary alicyclic amines) is 1. The summed E-state index contributed by atoms with van der Waals surface area (Å²) in [6.07, 6.45) is 9.57. The highest BCUT2D eigenvalue weighted by Gasteiger charge is 2.28. The highest BCUT2D eigenvalue weighted by atomic mass is 16.2. The number of piperidine rings is 1. The highest BCUT2D eigenvalue weighted by molar-refractivity contribution is 5.74. The number of hydrogen-bond acceptors (Lipinski definition) is 3. The number of rotatable bonds is 4. The summed E-state index contributed by atoms with van der Waals surface area (Å²) in [4.78, 5) is 14.5. The molecule has 0 radical (unpaired) electrons. The molecule has 7 nitrogen and oxygen atoms in total. The summed E-state index contributed by atoms with van der Waals surface area (Å²) in [5.41, 5.74) is 3.41. The average molecular weight is 316 g/mol. The summed E-state index contributed by atoms with van der Waals surface area (Å²) in [7, 11) is 1.93. The second-order valence-electron chi connectivity index (χ2n) is 6.10. The Hall–Kier alpha value is -2.31. The number of H-pyrrole nitrogens is 1. The van der Waals surface area contributed by atoms with Gasteiger partial charge in [-0.2, -0.15) is 10.2 Å². The third kappa shape index (κ3) is 3.38. The molecule has 2 amide bonds. The first-order valence-corrected chi connectivity index (χ1v) is 8.17. The van der Waals surface area contributed by atoms with Crippen molar-refractivity contribution in [2.75, 3.05) is 13.1 Å². The Morgan fingerprint density at radius 2 is 2.30 bits per heavy atom. The SMILES string of the molecule is Cc1c(CCNC(=O)N2CCCC[C@H]2c2cn[nH]c2)cnn1C. The van der Waals surface area contributed by atoms with Gasteiger partial charge in [-0.25, -0.2) is 4.79 Å². The van der Waals surface area contributed by atoms with Crippen LogP contribution in [0.25, 0.3) is 0 Å². The molecule has 0 bridgehead atoms. The second-order valence-corrected chi connectivity index (χ2v) is 6.10. The van der Waals surface area contributed by atoms with Crippen molar-refractivity contribution < 1.29 is 4.79 Å². The molecule has 0 saturated carbocycles. The van der Waals surface area contributed by atoms with Crippen LogP contribution in [0.3, 0.4) is 0 Å². The van der Waals surface area contributed by atoms with Crippen LogP contribution in [-0.4, -0.2) is 44.0 Å². The molecule has 2 N–H and O–H groups in total. The maximum atomic E-state index is 12.5. The maximum absolute atomic E-state index is 12.5. The van der Waals surface area contributed by atoms with E-state index in [0.29, 0.717) is 6.54 Å². The van der Waals surface area contributed by atoms with Gasteiger partial charge in [0.2, 0.25) is 0 Å². The van der Waals surface area contributed by atoms with Crippen molar-refractivity contribution in [1.82, 2.24) is 30.2 Å². The third-order valence-corrected chi connectivity index (χ3v) is 4.68. The van der Waals surface area contributed by atoms with Gasteiger partial charge in [0.25, 0.3) is 0 Å². The van der Waals surface area contributed by atoms with E-state index in [0.717, 1.165) is 43.5 Å². The molecule has 3 heterocycles. The van der Waals surface area contributed by atoms with Crippen LogP contribution < -0.4 is 5.32 Å². The molecule has 0 unspecified atom stereocenters. The van der Waals surface area contributed by atoms with E-state index < -0.39 is 0 Å². The lowest BCUT2D eigenvalue weighted by Crippen LogP contribution is -2.45. The number of carbonyl (C=O) groups excluding carboxylic acids is 1. The number of carbonyl (C=O) groups is 1. The van der Waals surface area contributed by atoms with Crippen molar-refractivity contribution in [3.63, 3.8) is 0 Å². The van der Waals surface area contributed by atoms with Crippen LogP contribution in [0.15, 0.2) is 18.6 Å². The number of amides is 2. The van der Waals surface area contributed by atoms with Crippen molar-refractivity contribution in [2.24, 2.45) is 7.05 Å². The summed E-state index contributed by atoms with van der Waals surface area (Å²) in [6, 6.07) is 0.139. The minimum absolute atomic E-state index is 0.0115. The second kappa shape index (κ2) is 6.85. The molecule has 7 heteroatoms. The lowest BCUT2D eigenvalue weighted by atomic mass is 9.98. The monoisotopic (exact) mass is 316 g/mol. The van der Waals surface area contributed by atoms with Gasteiger partial charge in [-0.15, -0.1) is 0 Å². The summed E-state index contributed by atoms with van der Waals surface area (Å²) in [6.45, 7) is 3.47. The fourth-order valence-electron chi connectivity index (χ4n) is 3.16. The van der Waals surface area contributed by atoms with Gasteiger partial charge < -0.3 is 10.2 Å². The standard InChI is InChI=1S/C16H24N6O/c1-12-13(11-20-21(12)2)6-7-17-16(23)22-8-4-3-5-15(22)14-9-18-19-10-14/h9-11,15H,3-8H2,1-2H3,(H,17,23)(H,18,19)/t15-/m0/s1. The number of aromatic amines is 1. The van der Waals surface area contributed by atoms with Gasteiger partial charge in [0.1, 0.15) is 0 Å². The van der Waals surface area contributed by atoms with E-state index in [1.807, 2.05) is 42.1 Å². The third-order valence-electron chi connectivity index (χ3n) is 4.68. The zero-order valence-corrected chi connectivity index (χ0v) is 13.7. The fraction of sp³-hybridized carbons (Fsp3) is 0.562.